The lowest BCUT2D eigenvalue weighted by molar-refractivity contribution is -0.130. The Morgan fingerprint density at radius 1 is 1.18 bits per heavy atom. The summed E-state index contributed by atoms with van der Waals surface area (Å²) in [7, 11) is 6.73. The second-order valence-corrected chi connectivity index (χ2v) is 8.04. The van der Waals surface area contributed by atoms with Crippen molar-refractivity contribution in [3.8, 4) is 0 Å². The standard InChI is InChI=1S/C18H33BN2O/c1-13(2)20-18(19)10-8-6-5-7-9-16-15(12-18)11-17(22)21(16)14(3)4/h13-16,20H,5-12H2,1-4H3. The molecule has 4 heteroatoms. The van der Waals surface area contributed by atoms with Gasteiger partial charge in [0.25, 0.3) is 0 Å². The van der Waals surface area contributed by atoms with E-state index >= 15 is 0 Å². The van der Waals surface area contributed by atoms with Crippen LogP contribution in [0.25, 0.3) is 0 Å². The van der Waals surface area contributed by atoms with Crippen LogP contribution in [0.4, 0.5) is 0 Å². The number of hydrogen-bond acceptors (Lipinski definition) is 2. The maximum absolute atomic E-state index is 12.5. The van der Waals surface area contributed by atoms with Crippen LogP contribution < -0.4 is 5.32 Å². The highest BCUT2D eigenvalue weighted by Crippen LogP contribution is 2.38. The highest BCUT2D eigenvalue weighted by Gasteiger charge is 2.43. The second kappa shape index (κ2) is 7.38. The summed E-state index contributed by atoms with van der Waals surface area (Å²) in [4.78, 5) is 14.6. The van der Waals surface area contributed by atoms with Gasteiger partial charge in [-0.3, -0.25) is 4.79 Å². The van der Waals surface area contributed by atoms with Crippen LogP contribution in [0.5, 0.6) is 0 Å². The van der Waals surface area contributed by atoms with Crippen molar-refractivity contribution >= 4 is 13.8 Å². The number of rotatable bonds is 3. The average molecular weight is 304 g/mol. The monoisotopic (exact) mass is 304 g/mol. The molecule has 2 radical (unpaired) electrons. The quantitative estimate of drug-likeness (QED) is 0.812. The third-order valence-electron chi connectivity index (χ3n) is 5.26. The molecule has 1 saturated carbocycles. The van der Waals surface area contributed by atoms with E-state index in [-0.39, 0.29) is 5.44 Å². The van der Waals surface area contributed by atoms with Gasteiger partial charge >= 0.3 is 0 Å². The minimum Gasteiger partial charge on any atom is -0.337 e. The lowest BCUT2D eigenvalue weighted by atomic mass is 9.66. The molecule has 2 fully saturated rings. The summed E-state index contributed by atoms with van der Waals surface area (Å²) in [5, 5.41) is 3.59. The summed E-state index contributed by atoms with van der Waals surface area (Å²) >= 11 is 0. The van der Waals surface area contributed by atoms with Gasteiger partial charge in [-0.15, -0.1) is 0 Å². The molecular weight excluding hydrogens is 271 g/mol. The molecule has 0 aromatic rings. The predicted octanol–water partition coefficient (Wildman–Crippen LogP) is 3.22. The molecule has 1 amide bonds. The average Bonchev–Trinajstić information content (AvgIpc) is 2.68. The van der Waals surface area contributed by atoms with E-state index in [0.29, 0.717) is 36.4 Å². The fourth-order valence-corrected chi connectivity index (χ4v) is 4.56. The molecule has 0 aromatic heterocycles. The normalized spacial score (nSPS) is 34.3. The van der Waals surface area contributed by atoms with Crippen molar-refractivity contribution in [2.45, 2.75) is 103 Å². The number of carbonyl (C=O) groups is 1. The minimum absolute atomic E-state index is 0.302. The van der Waals surface area contributed by atoms with Crippen molar-refractivity contribution in [2.24, 2.45) is 5.92 Å². The van der Waals surface area contributed by atoms with Gasteiger partial charge in [0, 0.05) is 24.5 Å². The van der Waals surface area contributed by atoms with E-state index in [1.165, 1.54) is 25.7 Å². The molecule has 2 aliphatic rings. The summed E-state index contributed by atoms with van der Waals surface area (Å²) in [6.07, 6.45) is 8.72. The molecule has 2 rings (SSSR count). The fourth-order valence-electron chi connectivity index (χ4n) is 4.56. The summed E-state index contributed by atoms with van der Waals surface area (Å²) in [6, 6.07) is 1.07. The van der Waals surface area contributed by atoms with Crippen molar-refractivity contribution in [1.82, 2.24) is 10.2 Å². The van der Waals surface area contributed by atoms with Crippen molar-refractivity contribution < 1.29 is 4.79 Å². The number of likely N-dealkylation sites (tertiary alicyclic amines) is 1. The molecule has 0 aromatic carbocycles. The number of carbonyl (C=O) groups excluding carboxylic acids is 1. The Morgan fingerprint density at radius 3 is 2.50 bits per heavy atom. The maximum Gasteiger partial charge on any atom is 0.223 e. The van der Waals surface area contributed by atoms with Crippen LogP contribution in [-0.4, -0.2) is 42.2 Å². The smallest absolute Gasteiger partial charge is 0.223 e. The van der Waals surface area contributed by atoms with Gasteiger partial charge in [0.05, 0.1) is 7.85 Å². The summed E-state index contributed by atoms with van der Waals surface area (Å²) in [6.45, 7) is 8.60. The second-order valence-electron chi connectivity index (χ2n) is 8.04. The van der Waals surface area contributed by atoms with E-state index in [1.54, 1.807) is 0 Å². The third-order valence-corrected chi connectivity index (χ3v) is 5.26. The predicted molar refractivity (Wildman–Crippen MR) is 93.0 cm³/mol. The topological polar surface area (TPSA) is 32.3 Å². The largest absolute Gasteiger partial charge is 0.337 e. The zero-order valence-corrected chi connectivity index (χ0v) is 14.9. The van der Waals surface area contributed by atoms with E-state index in [2.05, 4.69) is 37.9 Å². The van der Waals surface area contributed by atoms with Crippen molar-refractivity contribution in [1.29, 1.82) is 0 Å². The van der Waals surface area contributed by atoms with Gasteiger partial charge in [-0.25, -0.2) is 0 Å². The number of fused-ring (bicyclic) bond motifs is 1. The van der Waals surface area contributed by atoms with Crippen LogP contribution in [0, 0.1) is 5.92 Å². The Kier molecular flexibility index (Phi) is 5.98. The van der Waals surface area contributed by atoms with Gasteiger partial charge < -0.3 is 10.2 Å². The van der Waals surface area contributed by atoms with E-state index in [1.807, 2.05) is 0 Å². The van der Waals surface area contributed by atoms with Gasteiger partial charge in [-0.05, 0) is 44.5 Å². The van der Waals surface area contributed by atoms with Gasteiger partial charge in [-0.1, -0.05) is 39.5 Å². The molecule has 0 spiro atoms. The van der Waals surface area contributed by atoms with E-state index in [4.69, 9.17) is 7.85 Å². The maximum atomic E-state index is 12.5. The Morgan fingerprint density at radius 2 is 1.86 bits per heavy atom. The summed E-state index contributed by atoms with van der Waals surface area (Å²) < 4.78 is 0. The third kappa shape index (κ3) is 4.28. The van der Waals surface area contributed by atoms with Crippen molar-refractivity contribution in [3.05, 3.63) is 0 Å². The molecule has 0 bridgehead atoms. The first-order chi connectivity index (χ1) is 10.3. The van der Waals surface area contributed by atoms with Gasteiger partial charge in [0.15, 0.2) is 0 Å². The van der Waals surface area contributed by atoms with Crippen LogP contribution in [0.1, 0.15) is 79.1 Å². The Labute approximate surface area is 138 Å². The molecule has 1 heterocycles. The Bertz CT molecular complexity index is 385. The molecule has 1 saturated heterocycles. The van der Waals surface area contributed by atoms with Crippen LogP contribution in [0.15, 0.2) is 0 Å². The lowest BCUT2D eigenvalue weighted by Crippen LogP contribution is -2.52. The minimum atomic E-state index is -0.318. The van der Waals surface area contributed by atoms with Crippen LogP contribution >= 0.6 is 0 Å². The molecule has 22 heavy (non-hydrogen) atoms. The van der Waals surface area contributed by atoms with Gasteiger partial charge in [0.2, 0.25) is 5.91 Å². The molecule has 1 aliphatic carbocycles. The highest BCUT2D eigenvalue weighted by molar-refractivity contribution is 6.15. The molecule has 3 nitrogen and oxygen atoms in total. The van der Waals surface area contributed by atoms with Gasteiger partial charge in [-0.2, -0.15) is 0 Å². The Balaban J connectivity index is 2.18. The molecule has 3 unspecified atom stereocenters. The zero-order chi connectivity index (χ0) is 16.3. The highest BCUT2D eigenvalue weighted by atomic mass is 16.2. The molecule has 3 atom stereocenters. The molecule has 1 aliphatic heterocycles. The van der Waals surface area contributed by atoms with E-state index in [9.17, 15) is 4.79 Å². The van der Waals surface area contributed by atoms with Crippen LogP contribution in [0.2, 0.25) is 0 Å². The van der Waals surface area contributed by atoms with Crippen LogP contribution in [0.3, 0.4) is 0 Å². The number of nitrogens with one attached hydrogen (secondary N) is 1. The SMILES string of the molecule is [B]C1(NC(C)C)CCCCCCC2C(CC(=O)N2C(C)C)C1. The first-order valence-electron chi connectivity index (χ1n) is 9.20. The number of hydrogen-bond donors (Lipinski definition) is 1. The van der Waals surface area contributed by atoms with E-state index in [0.717, 1.165) is 19.3 Å². The van der Waals surface area contributed by atoms with Crippen molar-refractivity contribution in [2.75, 3.05) is 0 Å². The molecule has 1 N–H and O–H groups in total. The zero-order valence-electron chi connectivity index (χ0n) is 14.9. The first kappa shape index (κ1) is 17.8. The molecule has 124 valence electrons. The van der Waals surface area contributed by atoms with Gasteiger partial charge in [0.1, 0.15) is 0 Å². The van der Waals surface area contributed by atoms with Crippen LogP contribution in [-0.2, 0) is 4.79 Å². The Hall–Kier alpha value is -0.505. The summed E-state index contributed by atoms with van der Waals surface area (Å²) in [5.41, 5.74) is -0.318. The number of nitrogens with zero attached hydrogens (tertiary/aromatic N) is 1. The first-order valence-corrected chi connectivity index (χ1v) is 9.20. The van der Waals surface area contributed by atoms with Crippen molar-refractivity contribution in [3.63, 3.8) is 0 Å². The van der Waals surface area contributed by atoms with E-state index < -0.39 is 0 Å². The lowest BCUT2D eigenvalue weighted by Gasteiger charge is -2.40. The summed E-state index contributed by atoms with van der Waals surface area (Å²) in [5.74, 6) is 0.736. The fraction of sp³-hybridized carbons (Fsp3) is 0.944. The number of amides is 1. The molecular formula is C18H33BN2O.